The molecule has 0 aromatic carbocycles. The van der Waals surface area contributed by atoms with Gasteiger partial charge in [0.2, 0.25) is 0 Å². The zero-order valence-corrected chi connectivity index (χ0v) is 9.79. The molecule has 0 saturated carbocycles. The number of quaternary nitrogens is 1. The Morgan fingerprint density at radius 3 is 2.33 bits per heavy atom. The predicted octanol–water partition coefficient (Wildman–Crippen LogP) is -1.91. The van der Waals surface area contributed by atoms with Crippen LogP contribution < -0.4 is 0 Å². The average molecular weight is 242 g/mol. The zero-order chi connectivity index (χ0) is 11.9. The maximum absolute atomic E-state index is 10.4. The minimum atomic E-state index is -4.15. The Kier molecular flexibility index (Phi) is 6.30. The minimum Gasteiger partial charge on any atom is -0.748 e. The molecule has 0 aliphatic heterocycles. The molecule has 0 aromatic heterocycles. The van der Waals surface area contributed by atoms with Crippen LogP contribution in [0.1, 0.15) is 6.42 Å². The van der Waals surface area contributed by atoms with Crippen LogP contribution in [0.15, 0.2) is 0 Å². The van der Waals surface area contributed by atoms with Gasteiger partial charge in [0.1, 0.15) is 13.1 Å². The van der Waals surface area contributed by atoms with Crippen LogP contribution in [0.4, 0.5) is 0 Å². The lowest BCUT2D eigenvalue weighted by molar-refractivity contribution is -0.910. The molecule has 0 radical (unpaired) electrons. The summed E-state index contributed by atoms with van der Waals surface area (Å²) in [7, 11) is -2.30. The van der Waals surface area contributed by atoms with Crippen molar-refractivity contribution in [1.29, 1.82) is 0 Å². The first-order valence-corrected chi connectivity index (χ1v) is 6.43. The molecule has 0 heterocycles. The number of aliphatic hydroxyl groups is 1. The Morgan fingerprint density at radius 2 is 1.93 bits per heavy atom. The highest BCUT2D eigenvalue weighted by Gasteiger charge is 2.21. The van der Waals surface area contributed by atoms with Gasteiger partial charge in [-0.25, -0.2) is 8.42 Å². The van der Waals surface area contributed by atoms with Gasteiger partial charge in [0.15, 0.2) is 6.61 Å². The van der Waals surface area contributed by atoms with Gasteiger partial charge in [-0.15, -0.1) is 0 Å². The van der Waals surface area contributed by atoms with Gasteiger partial charge in [-0.1, -0.05) is 0 Å². The minimum absolute atomic E-state index is 0.000620. The summed E-state index contributed by atoms with van der Waals surface area (Å²) in [4.78, 5) is 0. The van der Waals surface area contributed by atoms with Crippen LogP contribution in [-0.4, -0.2) is 73.3 Å². The first-order valence-electron chi connectivity index (χ1n) is 4.85. The van der Waals surface area contributed by atoms with Crippen LogP contribution in [0.2, 0.25) is 0 Å². The maximum atomic E-state index is 10.4. The Hall–Kier alpha value is -0.210. The van der Waals surface area contributed by atoms with E-state index in [0.717, 1.165) is 0 Å². The molecule has 0 saturated heterocycles. The fraction of sp³-hybridized carbons (Fsp3) is 1.00. The highest BCUT2D eigenvalue weighted by atomic mass is 32.2. The molecule has 7 heteroatoms. The van der Waals surface area contributed by atoms with E-state index >= 15 is 0 Å². The molecular formula is C8H20NO5S+. The summed E-state index contributed by atoms with van der Waals surface area (Å²) in [5.74, 6) is -0.371. The maximum Gasteiger partial charge on any atom is 0.193 e. The van der Waals surface area contributed by atoms with Crippen LogP contribution in [0.5, 0.6) is 0 Å². The molecule has 0 spiro atoms. The zero-order valence-electron chi connectivity index (χ0n) is 8.98. The third-order valence-corrected chi connectivity index (χ3v) is 3.17. The number of nitrogens with zero attached hydrogens (tertiary/aromatic N) is 1. The van der Waals surface area contributed by atoms with Gasteiger partial charge in [-0.3, -0.25) is 0 Å². The van der Waals surface area contributed by atoms with E-state index in [2.05, 4.69) is 0 Å². The largest absolute Gasteiger partial charge is 0.748 e. The molecule has 0 amide bonds. The number of aliphatic hydroxyl groups excluding tert-OH is 1. The van der Waals surface area contributed by atoms with E-state index in [4.69, 9.17) is 10.2 Å². The normalized spacial score (nSPS) is 16.3. The monoisotopic (exact) mass is 242 g/mol. The number of likely N-dealkylation sites (N-methyl/N-ethyl adjacent to an activating group) is 1. The fourth-order valence-electron chi connectivity index (χ4n) is 1.47. The van der Waals surface area contributed by atoms with E-state index in [1.54, 1.807) is 0 Å². The summed E-state index contributed by atoms with van der Waals surface area (Å²) in [6, 6.07) is 0. The molecule has 0 aliphatic rings. The summed E-state index contributed by atoms with van der Waals surface area (Å²) in [6.07, 6.45) is 0.280. The molecule has 6 nitrogen and oxygen atoms in total. The van der Waals surface area contributed by atoms with Crippen LogP contribution in [0.3, 0.4) is 0 Å². The SMILES string of the molecule is C[N+](CCO)(CC[OH2+])CCCS(=O)(=O)[O-]. The van der Waals surface area contributed by atoms with E-state index in [1.807, 2.05) is 7.05 Å². The molecular weight excluding hydrogens is 222 g/mol. The van der Waals surface area contributed by atoms with Crippen molar-refractivity contribution in [1.82, 2.24) is 0 Å². The molecule has 0 bridgehead atoms. The smallest absolute Gasteiger partial charge is 0.193 e. The van der Waals surface area contributed by atoms with E-state index in [0.29, 0.717) is 24.1 Å². The lowest BCUT2D eigenvalue weighted by Gasteiger charge is -2.32. The lowest BCUT2D eigenvalue weighted by atomic mass is 10.3. The molecule has 15 heavy (non-hydrogen) atoms. The molecule has 92 valence electrons. The van der Waals surface area contributed by atoms with Crippen LogP contribution in [0.25, 0.3) is 0 Å². The second-order valence-corrected chi connectivity index (χ2v) is 5.40. The molecule has 0 rings (SSSR count). The standard InChI is InChI=1S/C8H19NO5S/c1-9(4-6-10,5-7-11)3-2-8-15(12,13)14/h10-11H,2-8H2,1H3/p+1. The first-order chi connectivity index (χ1) is 6.83. The van der Waals surface area contributed by atoms with Crippen molar-refractivity contribution in [3.63, 3.8) is 0 Å². The second-order valence-electron chi connectivity index (χ2n) is 3.88. The number of hydrogen-bond acceptors (Lipinski definition) is 4. The van der Waals surface area contributed by atoms with Crippen molar-refractivity contribution >= 4 is 10.1 Å². The Bertz CT molecular complexity index is 258. The van der Waals surface area contributed by atoms with E-state index in [1.165, 1.54) is 0 Å². The molecule has 1 unspecified atom stereocenters. The van der Waals surface area contributed by atoms with Crippen molar-refractivity contribution in [2.75, 3.05) is 45.6 Å². The van der Waals surface area contributed by atoms with E-state index in [-0.39, 0.29) is 25.4 Å². The summed E-state index contributed by atoms with van der Waals surface area (Å²) in [5, 5.41) is 15.9. The highest BCUT2D eigenvalue weighted by molar-refractivity contribution is 7.85. The van der Waals surface area contributed by atoms with E-state index < -0.39 is 10.1 Å². The Labute approximate surface area is 90.5 Å². The van der Waals surface area contributed by atoms with Crippen molar-refractivity contribution < 1.29 is 27.7 Å². The van der Waals surface area contributed by atoms with Crippen LogP contribution in [-0.2, 0) is 10.1 Å². The van der Waals surface area contributed by atoms with Crippen molar-refractivity contribution in [3.8, 4) is 0 Å². The highest BCUT2D eigenvalue weighted by Crippen LogP contribution is 2.04. The average Bonchev–Trinajstić information content (AvgIpc) is 2.01. The first kappa shape index (κ1) is 14.8. The summed E-state index contributed by atoms with van der Waals surface area (Å²) >= 11 is 0. The number of hydrogen-bond donors (Lipinski definition) is 1. The molecule has 0 aromatic rings. The van der Waals surface area contributed by atoms with Crippen molar-refractivity contribution in [2.24, 2.45) is 0 Å². The Morgan fingerprint density at radius 1 is 1.33 bits per heavy atom. The number of rotatable bonds is 8. The van der Waals surface area contributed by atoms with Gasteiger partial charge in [0, 0.05) is 12.2 Å². The third-order valence-electron chi connectivity index (χ3n) is 2.38. The fourth-order valence-corrected chi connectivity index (χ4v) is 1.95. The Balaban J connectivity index is 4.06. The summed E-state index contributed by atoms with van der Waals surface area (Å²) in [6.45, 7) is 1.76. The van der Waals surface area contributed by atoms with Gasteiger partial charge < -0.3 is 19.2 Å². The van der Waals surface area contributed by atoms with Gasteiger partial charge >= 0.3 is 0 Å². The van der Waals surface area contributed by atoms with Gasteiger partial charge in [-0.2, -0.15) is 0 Å². The summed E-state index contributed by atoms with van der Waals surface area (Å²) < 4.78 is 31.6. The molecule has 0 fully saturated rings. The topological polar surface area (TPSA) is 100 Å². The molecule has 1 atom stereocenters. The predicted molar refractivity (Wildman–Crippen MR) is 55.5 cm³/mol. The van der Waals surface area contributed by atoms with Crippen LogP contribution >= 0.6 is 0 Å². The summed E-state index contributed by atoms with van der Waals surface area (Å²) in [5.41, 5.74) is 0. The molecule has 3 N–H and O–H groups in total. The third kappa shape index (κ3) is 7.69. The second kappa shape index (κ2) is 6.39. The van der Waals surface area contributed by atoms with Gasteiger partial charge in [0.05, 0.1) is 30.3 Å². The van der Waals surface area contributed by atoms with Crippen molar-refractivity contribution in [2.45, 2.75) is 6.42 Å². The van der Waals surface area contributed by atoms with E-state index in [9.17, 15) is 13.0 Å². The van der Waals surface area contributed by atoms with Crippen LogP contribution in [0, 0.1) is 0 Å². The molecule has 0 aliphatic carbocycles. The van der Waals surface area contributed by atoms with Gasteiger partial charge in [0.25, 0.3) is 0 Å². The van der Waals surface area contributed by atoms with Crippen molar-refractivity contribution in [3.05, 3.63) is 0 Å². The quantitative estimate of drug-likeness (QED) is 0.305. The van der Waals surface area contributed by atoms with Gasteiger partial charge in [-0.05, 0) is 0 Å². The lowest BCUT2D eigenvalue weighted by Crippen LogP contribution is -2.49.